The van der Waals surface area contributed by atoms with E-state index in [9.17, 15) is 0 Å². The van der Waals surface area contributed by atoms with Crippen LogP contribution < -0.4 is 0 Å². The molecule has 0 aliphatic carbocycles. The Morgan fingerprint density at radius 2 is 1.09 bits per heavy atom. The molecule has 1 heteroatoms. The molecule has 0 saturated carbocycles. The van der Waals surface area contributed by atoms with Crippen molar-refractivity contribution >= 4 is 10.9 Å². The van der Waals surface area contributed by atoms with E-state index in [0.717, 1.165) is 0 Å². The van der Waals surface area contributed by atoms with E-state index in [1.54, 1.807) is 0 Å². The van der Waals surface area contributed by atoms with Crippen molar-refractivity contribution in [3.05, 3.63) is 90.0 Å². The first kappa shape index (κ1) is 15.9. The number of benzene rings is 3. The normalized spacial score (nSPS) is 12.3. The number of hydrogen-bond donors (Lipinski definition) is 0. The largest absolute Gasteiger partial charge is 0.166 e. The van der Waals surface area contributed by atoms with Gasteiger partial charge in [0.2, 0.25) is 0 Å². The van der Waals surface area contributed by atoms with Crippen molar-refractivity contribution in [2.24, 2.45) is 0 Å². The summed E-state index contributed by atoms with van der Waals surface area (Å²) >= 11 is 0. The van der Waals surface area contributed by atoms with Gasteiger partial charge in [0, 0.05) is 0 Å². The van der Waals surface area contributed by atoms with Crippen molar-refractivity contribution in [2.45, 2.75) is 41.4 Å². The molecule has 0 spiro atoms. The molecule has 0 aliphatic heterocycles. The van der Waals surface area contributed by atoms with Gasteiger partial charge < -0.3 is 0 Å². The molecule has 3 aromatic carbocycles. The lowest BCUT2D eigenvalue weighted by Crippen LogP contribution is -2.05. The van der Waals surface area contributed by atoms with E-state index in [1.165, 1.54) is 25.8 Å². The predicted molar refractivity (Wildman–Crippen MR) is 100 cm³/mol. The van der Waals surface area contributed by atoms with Crippen LogP contribution in [0.1, 0.15) is 30.9 Å². The van der Waals surface area contributed by atoms with Gasteiger partial charge in [-0.15, -0.1) is 0 Å². The van der Waals surface area contributed by atoms with Gasteiger partial charge in [-0.25, -0.2) is 0 Å². The smallest absolute Gasteiger partial charge is 0.0619 e. The Morgan fingerprint density at radius 1 is 0.609 bits per heavy atom. The van der Waals surface area contributed by atoms with Gasteiger partial charge in [0.05, 0.1) is 10.9 Å². The molecule has 1 atom stereocenters. The van der Waals surface area contributed by atoms with E-state index in [4.69, 9.17) is 0 Å². The molecule has 3 rings (SSSR count). The third-order valence-corrected chi connectivity index (χ3v) is 6.25. The molecule has 0 bridgehead atoms. The van der Waals surface area contributed by atoms with Gasteiger partial charge in [-0.1, -0.05) is 61.9 Å². The van der Waals surface area contributed by atoms with E-state index in [-0.39, 0.29) is 10.9 Å². The zero-order chi connectivity index (χ0) is 16.2. The quantitative estimate of drug-likeness (QED) is 0.501. The molecule has 0 fully saturated rings. The maximum Gasteiger partial charge on any atom is 0.166 e. The summed E-state index contributed by atoms with van der Waals surface area (Å²) in [6.45, 7) is 6.62. The lowest BCUT2D eigenvalue weighted by molar-refractivity contribution is 0.864. The minimum Gasteiger partial charge on any atom is -0.0619 e. The van der Waals surface area contributed by atoms with Crippen LogP contribution in [0, 0.1) is 6.92 Å². The number of aryl methyl sites for hydroxylation is 1. The highest BCUT2D eigenvalue weighted by Gasteiger charge is 2.28. The average Bonchev–Trinajstić information content (AvgIpc) is 2.58. The van der Waals surface area contributed by atoms with Gasteiger partial charge in [-0.3, -0.25) is 0 Å². The molecule has 0 amide bonds. The van der Waals surface area contributed by atoms with Crippen molar-refractivity contribution in [3.8, 4) is 0 Å². The second kappa shape index (κ2) is 7.06. The molecule has 0 aromatic heterocycles. The molecule has 0 nitrogen and oxygen atoms in total. The first-order chi connectivity index (χ1) is 11.1. The highest BCUT2D eigenvalue weighted by atomic mass is 32.2. The molecule has 0 heterocycles. The van der Waals surface area contributed by atoms with E-state index < -0.39 is 0 Å². The maximum atomic E-state index is 2.30. The standard InChI is InChI=1S/C22H23S/c1-17(2)19-11-15-22(16-12-19)23(20-7-5-4-6-8-20)21-13-9-18(3)10-14-21/h4-17H,1-3H3/q+1. The van der Waals surface area contributed by atoms with Crippen molar-refractivity contribution in [1.29, 1.82) is 0 Å². The third-order valence-electron chi connectivity index (χ3n) is 4.02. The van der Waals surface area contributed by atoms with E-state index >= 15 is 0 Å². The predicted octanol–water partition coefficient (Wildman–Crippen LogP) is 6.21. The van der Waals surface area contributed by atoms with Crippen LogP contribution >= 0.6 is 0 Å². The summed E-state index contributed by atoms with van der Waals surface area (Å²) in [5.41, 5.74) is 2.70. The number of hydrogen-bond acceptors (Lipinski definition) is 0. The Morgan fingerprint density at radius 3 is 1.61 bits per heavy atom. The van der Waals surface area contributed by atoms with Gasteiger partial charge in [-0.05, 0) is 54.8 Å². The SMILES string of the molecule is Cc1ccc([S+](c2ccccc2)c2ccc(C(C)C)cc2)cc1. The average molecular weight is 319 g/mol. The molecular formula is C22H23S+. The summed E-state index contributed by atoms with van der Waals surface area (Å²) in [7, 11) is -0.0444. The molecule has 3 aromatic rings. The molecule has 1 unspecified atom stereocenters. The van der Waals surface area contributed by atoms with Crippen LogP contribution in [-0.4, -0.2) is 0 Å². The van der Waals surface area contributed by atoms with E-state index in [2.05, 4.69) is 99.6 Å². The second-order valence-corrected chi connectivity index (χ2v) is 8.18. The topological polar surface area (TPSA) is 0 Å². The number of rotatable bonds is 4. The van der Waals surface area contributed by atoms with Crippen LogP contribution in [0.3, 0.4) is 0 Å². The Hall–Kier alpha value is -1.99. The van der Waals surface area contributed by atoms with E-state index in [0.29, 0.717) is 5.92 Å². The monoisotopic (exact) mass is 319 g/mol. The lowest BCUT2D eigenvalue weighted by atomic mass is 10.0. The molecular weight excluding hydrogens is 296 g/mol. The van der Waals surface area contributed by atoms with Crippen LogP contribution in [0.4, 0.5) is 0 Å². The fourth-order valence-corrected chi connectivity index (χ4v) is 4.69. The summed E-state index contributed by atoms with van der Waals surface area (Å²) in [5, 5.41) is 0. The molecule has 116 valence electrons. The summed E-state index contributed by atoms with van der Waals surface area (Å²) in [5.74, 6) is 0.571. The van der Waals surface area contributed by atoms with Crippen LogP contribution in [0.25, 0.3) is 0 Å². The van der Waals surface area contributed by atoms with Gasteiger partial charge in [-0.2, -0.15) is 0 Å². The van der Waals surface area contributed by atoms with Crippen LogP contribution in [0.2, 0.25) is 0 Å². The first-order valence-corrected chi connectivity index (χ1v) is 9.33. The van der Waals surface area contributed by atoms with Gasteiger partial charge in [0.15, 0.2) is 14.7 Å². The first-order valence-electron chi connectivity index (χ1n) is 8.11. The molecule has 0 aliphatic rings. The summed E-state index contributed by atoms with van der Waals surface area (Å²) in [4.78, 5) is 4.12. The fraction of sp³-hybridized carbons (Fsp3) is 0.182. The Labute approximate surface area is 142 Å². The summed E-state index contributed by atoms with van der Waals surface area (Å²) in [6.07, 6.45) is 0. The van der Waals surface area contributed by atoms with Crippen LogP contribution in [0.5, 0.6) is 0 Å². The van der Waals surface area contributed by atoms with Crippen LogP contribution in [0.15, 0.2) is 93.5 Å². The molecule has 0 saturated heterocycles. The lowest BCUT2D eigenvalue weighted by Gasteiger charge is -2.10. The minimum absolute atomic E-state index is 0.0444. The van der Waals surface area contributed by atoms with Gasteiger partial charge in [0.25, 0.3) is 0 Å². The zero-order valence-corrected chi connectivity index (χ0v) is 14.8. The van der Waals surface area contributed by atoms with Gasteiger partial charge >= 0.3 is 0 Å². The summed E-state index contributed by atoms with van der Waals surface area (Å²) < 4.78 is 0. The second-order valence-electron chi connectivity index (χ2n) is 6.16. The highest BCUT2D eigenvalue weighted by Crippen LogP contribution is 2.32. The van der Waals surface area contributed by atoms with E-state index in [1.807, 2.05) is 0 Å². The van der Waals surface area contributed by atoms with Crippen molar-refractivity contribution < 1.29 is 0 Å². The van der Waals surface area contributed by atoms with Crippen molar-refractivity contribution in [1.82, 2.24) is 0 Å². The Kier molecular flexibility index (Phi) is 4.88. The minimum atomic E-state index is -0.0444. The highest BCUT2D eigenvalue weighted by molar-refractivity contribution is 7.97. The fourth-order valence-electron chi connectivity index (χ4n) is 2.63. The molecule has 0 radical (unpaired) electrons. The Balaban J connectivity index is 2.06. The third kappa shape index (κ3) is 3.68. The van der Waals surface area contributed by atoms with Crippen LogP contribution in [-0.2, 0) is 10.9 Å². The Bertz CT molecular complexity index is 740. The maximum absolute atomic E-state index is 2.30. The molecule has 0 N–H and O–H groups in total. The summed E-state index contributed by atoms with van der Waals surface area (Å²) in [6, 6.07) is 28.9. The van der Waals surface area contributed by atoms with Crippen molar-refractivity contribution in [3.63, 3.8) is 0 Å². The van der Waals surface area contributed by atoms with Gasteiger partial charge in [0.1, 0.15) is 0 Å². The van der Waals surface area contributed by atoms with Crippen molar-refractivity contribution in [2.75, 3.05) is 0 Å². The molecule has 23 heavy (non-hydrogen) atoms. The zero-order valence-electron chi connectivity index (χ0n) is 14.0.